The summed E-state index contributed by atoms with van der Waals surface area (Å²) in [5.41, 5.74) is 1.95. The first-order valence-corrected chi connectivity index (χ1v) is 5.75. The van der Waals surface area contributed by atoms with E-state index in [2.05, 4.69) is 0 Å². The van der Waals surface area contributed by atoms with Gasteiger partial charge in [-0.2, -0.15) is 0 Å². The molecule has 1 aliphatic rings. The van der Waals surface area contributed by atoms with Crippen molar-refractivity contribution in [2.75, 3.05) is 13.2 Å². The lowest BCUT2D eigenvalue weighted by Gasteiger charge is -2.25. The first kappa shape index (κ1) is 11.4. The molecule has 1 saturated heterocycles. The van der Waals surface area contributed by atoms with Crippen molar-refractivity contribution in [2.24, 2.45) is 0 Å². The van der Waals surface area contributed by atoms with E-state index in [1.54, 1.807) is 0 Å². The molecule has 0 radical (unpaired) electrons. The number of benzene rings is 1. The smallest absolute Gasteiger partial charge is 0.128 e. The monoisotopic (exact) mass is 222 g/mol. The van der Waals surface area contributed by atoms with E-state index in [9.17, 15) is 5.11 Å². The molecule has 0 aliphatic carbocycles. The van der Waals surface area contributed by atoms with Crippen molar-refractivity contribution in [3.63, 3.8) is 0 Å². The molecule has 0 saturated carbocycles. The second kappa shape index (κ2) is 5.32. The third-order valence-corrected chi connectivity index (χ3v) is 2.92. The van der Waals surface area contributed by atoms with E-state index in [-0.39, 0.29) is 12.7 Å². The summed E-state index contributed by atoms with van der Waals surface area (Å²) in [5, 5.41) is 9.27. The highest BCUT2D eigenvalue weighted by molar-refractivity contribution is 5.40. The zero-order valence-corrected chi connectivity index (χ0v) is 9.61. The average molecular weight is 222 g/mol. The van der Waals surface area contributed by atoms with E-state index >= 15 is 0 Å². The standard InChI is InChI=1S/C13H18O3/c1-10-3-2-4-11(9-14)13(10)16-12-5-7-15-8-6-12/h2-4,12,14H,5-9H2,1H3. The zero-order chi connectivity index (χ0) is 11.4. The Bertz CT molecular complexity index is 343. The molecule has 0 aromatic heterocycles. The molecule has 1 aliphatic heterocycles. The van der Waals surface area contributed by atoms with Gasteiger partial charge in [-0.3, -0.25) is 0 Å². The molecule has 1 aromatic carbocycles. The third kappa shape index (κ3) is 2.54. The number of para-hydroxylation sites is 1. The van der Waals surface area contributed by atoms with Crippen molar-refractivity contribution in [3.05, 3.63) is 29.3 Å². The summed E-state index contributed by atoms with van der Waals surface area (Å²) >= 11 is 0. The maximum atomic E-state index is 9.27. The summed E-state index contributed by atoms with van der Waals surface area (Å²) in [6.45, 7) is 3.57. The summed E-state index contributed by atoms with van der Waals surface area (Å²) in [5.74, 6) is 0.844. The lowest BCUT2D eigenvalue weighted by molar-refractivity contribution is 0.0244. The van der Waals surface area contributed by atoms with Crippen LogP contribution in [0.4, 0.5) is 0 Å². The van der Waals surface area contributed by atoms with Crippen molar-refractivity contribution < 1.29 is 14.6 Å². The van der Waals surface area contributed by atoms with Crippen molar-refractivity contribution in [1.29, 1.82) is 0 Å². The summed E-state index contributed by atoms with van der Waals surface area (Å²) in [6, 6.07) is 5.85. The van der Waals surface area contributed by atoms with Gasteiger partial charge < -0.3 is 14.6 Å². The van der Waals surface area contributed by atoms with Gasteiger partial charge in [-0.1, -0.05) is 18.2 Å². The average Bonchev–Trinajstić information content (AvgIpc) is 2.33. The van der Waals surface area contributed by atoms with Gasteiger partial charge in [-0.05, 0) is 12.5 Å². The quantitative estimate of drug-likeness (QED) is 0.850. The Morgan fingerprint density at radius 1 is 1.38 bits per heavy atom. The summed E-state index contributed by atoms with van der Waals surface area (Å²) < 4.78 is 11.3. The minimum atomic E-state index is 0.0280. The molecular weight excluding hydrogens is 204 g/mol. The Hall–Kier alpha value is -1.06. The molecule has 1 aromatic rings. The predicted octanol–water partition coefficient (Wildman–Crippen LogP) is 2.05. The molecule has 2 rings (SSSR count). The van der Waals surface area contributed by atoms with E-state index < -0.39 is 0 Å². The van der Waals surface area contributed by atoms with Crippen LogP contribution in [0.3, 0.4) is 0 Å². The Kier molecular flexibility index (Phi) is 3.80. The van der Waals surface area contributed by atoms with Crippen LogP contribution >= 0.6 is 0 Å². The van der Waals surface area contributed by atoms with Gasteiger partial charge in [0, 0.05) is 18.4 Å². The molecule has 1 fully saturated rings. The van der Waals surface area contributed by atoms with Crippen LogP contribution < -0.4 is 4.74 Å². The number of hydrogen-bond acceptors (Lipinski definition) is 3. The van der Waals surface area contributed by atoms with Crippen molar-refractivity contribution >= 4 is 0 Å². The SMILES string of the molecule is Cc1cccc(CO)c1OC1CCOCC1. The third-order valence-electron chi connectivity index (χ3n) is 2.92. The van der Waals surface area contributed by atoms with Crippen LogP contribution in [0.5, 0.6) is 5.75 Å². The van der Waals surface area contributed by atoms with Gasteiger partial charge in [0.1, 0.15) is 11.9 Å². The van der Waals surface area contributed by atoms with Crippen molar-refractivity contribution in [3.8, 4) is 5.75 Å². The van der Waals surface area contributed by atoms with E-state index in [0.29, 0.717) is 0 Å². The molecule has 0 spiro atoms. The minimum absolute atomic E-state index is 0.0280. The molecule has 1 heterocycles. The molecule has 0 amide bonds. The van der Waals surface area contributed by atoms with Crippen LogP contribution in [0.25, 0.3) is 0 Å². The second-order valence-electron chi connectivity index (χ2n) is 4.15. The Morgan fingerprint density at radius 3 is 2.81 bits per heavy atom. The molecule has 3 nitrogen and oxygen atoms in total. The van der Waals surface area contributed by atoms with Crippen LogP contribution in [0.1, 0.15) is 24.0 Å². The van der Waals surface area contributed by atoms with Gasteiger partial charge in [0.25, 0.3) is 0 Å². The number of aliphatic hydroxyl groups excluding tert-OH is 1. The fourth-order valence-electron chi connectivity index (χ4n) is 1.97. The predicted molar refractivity (Wildman–Crippen MR) is 61.6 cm³/mol. The van der Waals surface area contributed by atoms with E-state index in [1.165, 1.54) is 0 Å². The second-order valence-corrected chi connectivity index (χ2v) is 4.15. The topological polar surface area (TPSA) is 38.7 Å². The fraction of sp³-hybridized carbons (Fsp3) is 0.538. The van der Waals surface area contributed by atoms with Crippen LogP contribution in [-0.4, -0.2) is 24.4 Å². The van der Waals surface area contributed by atoms with Gasteiger partial charge in [-0.15, -0.1) is 0 Å². The number of aliphatic hydroxyl groups is 1. The molecule has 1 N–H and O–H groups in total. The number of rotatable bonds is 3. The molecule has 88 valence electrons. The molecule has 3 heteroatoms. The van der Waals surface area contributed by atoms with Gasteiger partial charge in [0.15, 0.2) is 0 Å². The lowest BCUT2D eigenvalue weighted by Crippen LogP contribution is -2.26. The molecule has 0 bridgehead atoms. The lowest BCUT2D eigenvalue weighted by atomic mass is 10.1. The Labute approximate surface area is 96.0 Å². The number of ether oxygens (including phenoxy) is 2. The maximum absolute atomic E-state index is 9.27. The fourth-order valence-corrected chi connectivity index (χ4v) is 1.97. The summed E-state index contributed by atoms with van der Waals surface area (Å²) in [6.07, 6.45) is 2.08. The molecule has 0 unspecified atom stereocenters. The van der Waals surface area contributed by atoms with E-state index in [1.807, 2.05) is 25.1 Å². The van der Waals surface area contributed by atoms with Crippen molar-refractivity contribution in [2.45, 2.75) is 32.5 Å². The first-order valence-electron chi connectivity index (χ1n) is 5.75. The molecule has 0 atom stereocenters. The zero-order valence-electron chi connectivity index (χ0n) is 9.61. The summed E-state index contributed by atoms with van der Waals surface area (Å²) in [4.78, 5) is 0. The highest BCUT2D eigenvalue weighted by Crippen LogP contribution is 2.26. The number of aryl methyl sites for hydroxylation is 1. The van der Waals surface area contributed by atoms with Crippen molar-refractivity contribution in [1.82, 2.24) is 0 Å². The van der Waals surface area contributed by atoms with Gasteiger partial charge in [0.2, 0.25) is 0 Å². The maximum Gasteiger partial charge on any atom is 0.128 e. The van der Waals surface area contributed by atoms with E-state index in [4.69, 9.17) is 9.47 Å². The van der Waals surface area contributed by atoms with Gasteiger partial charge in [-0.25, -0.2) is 0 Å². The number of hydrogen-bond donors (Lipinski definition) is 1. The van der Waals surface area contributed by atoms with Crippen LogP contribution in [0, 0.1) is 6.92 Å². The Morgan fingerprint density at radius 2 is 2.12 bits per heavy atom. The van der Waals surface area contributed by atoms with Gasteiger partial charge >= 0.3 is 0 Å². The normalized spacial score (nSPS) is 17.4. The molecule has 16 heavy (non-hydrogen) atoms. The first-order chi connectivity index (χ1) is 7.81. The van der Waals surface area contributed by atoms with Crippen LogP contribution in [-0.2, 0) is 11.3 Å². The summed E-state index contributed by atoms with van der Waals surface area (Å²) in [7, 11) is 0. The largest absolute Gasteiger partial charge is 0.490 e. The van der Waals surface area contributed by atoms with Gasteiger partial charge in [0.05, 0.1) is 19.8 Å². The minimum Gasteiger partial charge on any atom is -0.490 e. The van der Waals surface area contributed by atoms with E-state index in [0.717, 1.165) is 42.9 Å². The highest BCUT2D eigenvalue weighted by atomic mass is 16.5. The Balaban J connectivity index is 2.12. The molecular formula is C13H18O3. The highest BCUT2D eigenvalue weighted by Gasteiger charge is 2.17. The van der Waals surface area contributed by atoms with Crippen LogP contribution in [0.2, 0.25) is 0 Å². The van der Waals surface area contributed by atoms with Crippen LogP contribution in [0.15, 0.2) is 18.2 Å².